The maximum Gasteiger partial charge on any atom is 0.212 e. The van der Waals surface area contributed by atoms with Crippen LogP contribution in [0.5, 0.6) is 0 Å². The van der Waals surface area contributed by atoms with E-state index in [4.69, 9.17) is 17.2 Å². The third kappa shape index (κ3) is 3.33. The van der Waals surface area contributed by atoms with E-state index in [0.29, 0.717) is 5.13 Å². The number of thiazole rings is 1. The minimum Gasteiger partial charge on any atom is -0.399 e. The third-order valence-electron chi connectivity index (χ3n) is 1.92. The predicted molar refractivity (Wildman–Crippen MR) is 74.7 cm³/mol. The van der Waals surface area contributed by atoms with Crippen molar-refractivity contribution in [1.82, 2.24) is 4.98 Å². The third-order valence-corrected chi connectivity index (χ3v) is 2.66. The molecular formula is C10H12ClN5S. The Kier molecular flexibility index (Phi) is 4.30. The van der Waals surface area contributed by atoms with Crippen molar-refractivity contribution in [1.29, 1.82) is 0 Å². The van der Waals surface area contributed by atoms with Gasteiger partial charge in [-0.1, -0.05) is 12.1 Å². The van der Waals surface area contributed by atoms with E-state index in [1.807, 2.05) is 29.6 Å². The van der Waals surface area contributed by atoms with Crippen LogP contribution in [0.4, 0.5) is 10.8 Å². The number of benzene rings is 1. The number of nitrogens with zero attached hydrogens (tertiary/aromatic N) is 2. The zero-order chi connectivity index (χ0) is 11.5. The number of aliphatic imine (C=N–C) groups is 1. The fraction of sp³-hybridized carbons (Fsp3) is 0. The average molecular weight is 270 g/mol. The molecule has 0 saturated heterocycles. The van der Waals surface area contributed by atoms with Crippen molar-refractivity contribution in [2.24, 2.45) is 16.5 Å². The van der Waals surface area contributed by atoms with Gasteiger partial charge >= 0.3 is 0 Å². The summed E-state index contributed by atoms with van der Waals surface area (Å²) in [6.45, 7) is 0. The second kappa shape index (κ2) is 5.51. The molecule has 0 radical (unpaired) electrons. The SMILES string of the molecule is Cl.NC(N)=Nc1nc(-c2ccc(N)cc2)cs1. The molecule has 90 valence electrons. The summed E-state index contributed by atoms with van der Waals surface area (Å²) in [6.07, 6.45) is 0. The van der Waals surface area contributed by atoms with Crippen molar-refractivity contribution in [3.8, 4) is 11.3 Å². The number of guanidine groups is 1. The number of anilines is 1. The summed E-state index contributed by atoms with van der Waals surface area (Å²) in [5.74, 6) is 0.0122. The Morgan fingerprint density at radius 3 is 2.41 bits per heavy atom. The average Bonchev–Trinajstić information content (AvgIpc) is 2.66. The zero-order valence-electron chi connectivity index (χ0n) is 8.83. The number of halogens is 1. The Morgan fingerprint density at radius 1 is 1.18 bits per heavy atom. The molecule has 0 unspecified atom stereocenters. The van der Waals surface area contributed by atoms with Crippen LogP contribution in [0.2, 0.25) is 0 Å². The molecule has 6 N–H and O–H groups in total. The summed E-state index contributed by atoms with van der Waals surface area (Å²) in [7, 11) is 0. The lowest BCUT2D eigenvalue weighted by atomic mass is 10.1. The molecule has 1 aromatic carbocycles. The molecule has 0 aliphatic heterocycles. The van der Waals surface area contributed by atoms with Crippen molar-refractivity contribution in [2.75, 3.05) is 5.73 Å². The van der Waals surface area contributed by atoms with Gasteiger partial charge in [-0.05, 0) is 12.1 Å². The van der Waals surface area contributed by atoms with Gasteiger partial charge in [-0.15, -0.1) is 23.7 Å². The number of hydrogen-bond donors (Lipinski definition) is 3. The lowest BCUT2D eigenvalue weighted by Crippen LogP contribution is -2.21. The zero-order valence-corrected chi connectivity index (χ0v) is 10.5. The Morgan fingerprint density at radius 2 is 1.82 bits per heavy atom. The quantitative estimate of drug-likeness (QED) is 0.439. The van der Waals surface area contributed by atoms with Gasteiger partial charge in [-0.25, -0.2) is 4.98 Å². The highest BCUT2D eigenvalue weighted by atomic mass is 35.5. The van der Waals surface area contributed by atoms with Crippen molar-refractivity contribution in [3.63, 3.8) is 0 Å². The van der Waals surface area contributed by atoms with Gasteiger partial charge in [0.25, 0.3) is 0 Å². The summed E-state index contributed by atoms with van der Waals surface area (Å²) in [6, 6.07) is 7.47. The number of rotatable bonds is 2. The van der Waals surface area contributed by atoms with E-state index in [-0.39, 0.29) is 18.4 Å². The van der Waals surface area contributed by atoms with Gasteiger partial charge in [0, 0.05) is 16.6 Å². The number of nitrogen functional groups attached to an aromatic ring is 1. The Hall–Kier alpha value is -1.79. The van der Waals surface area contributed by atoms with E-state index in [0.717, 1.165) is 16.9 Å². The summed E-state index contributed by atoms with van der Waals surface area (Å²) in [5, 5.41) is 2.44. The first kappa shape index (κ1) is 13.3. The van der Waals surface area contributed by atoms with E-state index in [2.05, 4.69) is 9.98 Å². The minimum atomic E-state index is 0. The molecule has 0 fully saturated rings. The molecule has 7 heteroatoms. The predicted octanol–water partition coefficient (Wildman–Crippen LogP) is 1.72. The molecule has 0 aliphatic carbocycles. The Labute approximate surface area is 109 Å². The van der Waals surface area contributed by atoms with Crippen LogP contribution in [0.3, 0.4) is 0 Å². The number of hydrogen-bond acceptors (Lipinski definition) is 4. The molecule has 1 heterocycles. The fourth-order valence-corrected chi connectivity index (χ4v) is 1.93. The Bertz CT molecular complexity index is 516. The molecule has 0 saturated carbocycles. The van der Waals surface area contributed by atoms with E-state index >= 15 is 0 Å². The molecule has 1 aromatic heterocycles. The van der Waals surface area contributed by atoms with Gasteiger partial charge in [0.2, 0.25) is 5.13 Å². The maximum absolute atomic E-state index is 5.60. The largest absolute Gasteiger partial charge is 0.399 e. The highest BCUT2D eigenvalue weighted by Crippen LogP contribution is 2.26. The fourth-order valence-electron chi connectivity index (χ4n) is 1.21. The van der Waals surface area contributed by atoms with Gasteiger partial charge in [0.05, 0.1) is 5.69 Å². The first-order chi connectivity index (χ1) is 7.65. The molecule has 0 aliphatic rings. The van der Waals surface area contributed by atoms with Crippen LogP contribution in [-0.4, -0.2) is 10.9 Å². The van der Waals surface area contributed by atoms with Crippen LogP contribution < -0.4 is 17.2 Å². The Balaban J connectivity index is 0.00000144. The van der Waals surface area contributed by atoms with Crippen LogP contribution in [0.1, 0.15) is 0 Å². The highest BCUT2D eigenvalue weighted by Gasteiger charge is 2.03. The highest BCUT2D eigenvalue weighted by molar-refractivity contribution is 7.13. The number of aromatic nitrogens is 1. The van der Waals surface area contributed by atoms with Crippen LogP contribution in [-0.2, 0) is 0 Å². The molecular weight excluding hydrogens is 258 g/mol. The van der Waals surface area contributed by atoms with Crippen molar-refractivity contribution >= 4 is 40.5 Å². The molecule has 17 heavy (non-hydrogen) atoms. The summed E-state index contributed by atoms with van der Waals surface area (Å²) in [4.78, 5) is 8.16. The minimum absolute atomic E-state index is 0. The van der Waals surface area contributed by atoms with E-state index in [9.17, 15) is 0 Å². The maximum atomic E-state index is 5.60. The van der Waals surface area contributed by atoms with Crippen molar-refractivity contribution in [3.05, 3.63) is 29.6 Å². The normalized spacial score (nSPS) is 9.41. The molecule has 5 nitrogen and oxygen atoms in total. The van der Waals surface area contributed by atoms with Gasteiger partial charge in [-0.3, -0.25) is 0 Å². The molecule has 0 atom stereocenters. The molecule has 0 bridgehead atoms. The molecule has 2 rings (SSSR count). The van der Waals surface area contributed by atoms with Crippen LogP contribution in [0.15, 0.2) is 34.6 Å². The van der Waals surface area contributed by atoms with Gasteiger partial charge in [0.1, 0.15) is 0 Å². The lowest BCUT2D eigenvalue weighted by Gasteiger charge is -1.96. The monoisotopic (exact) mass is 269 g/mol. The van der Waals surface area contributed by atoms with Gasteiger partial charge in [-0.2, -0.15) is 4.99 Å². The van der Waals surface area contributed by atoms with Gasteiger partial charge < -0.3 is 17.2 Å². The lowest BCUT2D eigenvalue weighted by molar-refractivity contribution is 1.33. The van der Waals surface area contributed by atoms with E-state index in [1.54, 1.807) is 0 Å². The van der Waals surface area contributed by atoms with Crippen LogP contribution in [0.25, 0.3) is 11.3 Å². The van der Waals surface area contributed by atoms with Crippen molar-refractivity contribution in [2.45, 2.75) is 0 Å². The molecule has 0 amide bonds. The second-order valence-corrected chi connectivity index (χ2v) is 4.01. The smallest absolute Gasteiger partial charge is 0.212 e. The summed E-state index contributed by atoms with van der Waals surface area (Å²) >= 11 is 1.39. The van der Waals surface area contributed by atoms with Crippen molar-refractivity contribution < 1.29 is 0 Å². The van der Waals surface area contributed by atoms with Crippen LogP contribution in [0, 0.1) is 0 Å². The standard InChI is InChI=1S/C10H11N5S.ClH/c11-7-3-1-6(2-4-7)8-5-16-10(14-8)15-9(12)13;/h1-5H,11H2,(H4,12,13,14,15);1H. The van der Waals surface area contributed by atoms with E-state index < -0.39 is 0 Å². The van der Waals surface area contributed by atoms with E-state index in [1.165, 1.54) is 11.3 Å². The molecule has 2 aromatic rings. The topological polar surface area (TPSA) is 103 Å². The summed E-state index contributed by atoms with van der Waals surface area (Å²) < 4.78 is 0. The van der Waals surface area contributed by atoms with Crippen LogP contribution >= 0.6 is 23.7 Å². The first-order valence-electron chi connectivity index (χ1n) is 4.56. The molecule has 0 spiro atoms. The van der Waals surface area contributed by atoms with Gasteiger partial charge in [0.15, 0.2) is 5.96 Å². The number of nitrogens with two attached hydrogens (primary N) is 3. The second-order valence-electron chi connectivity index (χ2n) is 3.17. The first-order valence-corrected chi connectivity index (χ1v) is 5.44. The summed E-state index contributed by atoms with van der Waals surface area (Å²) in [5.41, 5.74) is 18.7.